The summed E-state index contributed by atoms with van der Waals surface area (Å²) >= 11 is 0. The van der Waals surface area contributed by atoms with Crippen LogP contribution in [0.4, 0.5) is 26.3 Å². The molecule has 0 spiro atoms. The molecule has 0 unspecified atom stereocenters. The largest absolute Gasteiger partial charge is 0.456 e. The van der Waals surface area contributed by atoms with Crippen LogP contribution in [0.5, 0.6) is 0 Å². The summed E-state index contributed by atoms with van der Waals surface area (Å²) in [6, 6.07) is 16.5. The maximum absolute atomic E-state index is 12.9. The van der Waals surface area contributed by atoms with E-state index in [9.17, 15) is 26.3 Å². The fourth-order valence-electron chi connectivity index (χ4n) is 3.33. The summed E-state index contributed by atoms with van der Waals surface area (Å²) < 4.78 is 82.9. The Bertz CT molecular complexity index is 1170. The van der Waals surface area contributed by atoms with E-state index in [0.717, 1.165) is 29.7 Å². The van der Waals surface area contributed by atoms with E-state index >= 15 is 0 Å². The third kappa shape index (κ3) is 3.92. The monoisotopic (exact) mass is 420 g/mol. The van der Waals surface area contributed by atoms with Crippen molar-refractivity contribution < 1.29 is 30.8 Å². The average Bonchev–Trinajstić information content (AvgIpc) is 3.06. The van der Waals surface area contributed by atoms with E-state index in [-0.39, 0.29) is 6.42 Å². The SMILES string of the molecule is FC(F)(F)c1ccc(Cc2c(-c3ccc(C(F)(F)F)cc3)oc3ccccc23)cc1. The number of fused-ring (bicyclic) bond motifs is 1. The van der Waals surface area contributed by atoms with Gasteiger partial charge in [-0.2, -0.15) is 26.3 Å². The molecule has 1 nitrogen and oxygen atoms in total. The molecule has 0 aliphatic heterocycles. The highest BCUT2D eigenvalue weighted by molar-refractivity contribution is 5.88. The minimum absolute atomic E-state index is 0.269. The van der Waals surface area contributed by atoms with Gasteiger partial charge in [-0.05, 0) is 35.9 Å². The molecule has 0 bridgehead atoms. The fourth-order valence-corrected chi connectivity index (χ4v) is 3.33. The molecule has 0 radical (unpaired) electrons. The Balaban J connectivity index is 1.76. The number of para-hydroxylation sites is 1. The molecule has 0 amide bonds. The van der Waals surface area contributed by atoms with Gasteiger partial charge in [0.05, 0.1) is 11.1 Å². The molecule has 0 atom stereocenters. The van der Waals surface area contributed by atoms with E-state index < -0.39 is 23.5 Å². The van der Waals surface area contributed by atoms with Crippen molar-refractivity contribution in [3.05, 3.63) is 95.1 Å². The Morgan fingerprint density at radius 1 is 0.633 bits per heavy atom. The summed E-state index contributed by atoms with van der Waals surface area (Å²) in [7, 11) is 0. The van der Waals surface area contributed by atoms with E-state index in [1.54, 1.807) is 18.2 Å². The standard InChI is InChI=1S/C23H14F6O/c24-22(25,26)16-9-5-14(6-10-16)13-19-18-3-1-2-4-20(18)30-21(19)15-7-11-17(12-8-15)23(27,28)29/h1-12H,13H2. The molecule has 0 aliphatic rings. The van der Waals surface area contributed by atoms with Crippen LogP contribution in [0.25, 0.3) is 22.3 Å². The van der Waals surface area contributed by atoms with Gasteiger partial charge in [-0.1, -0.05) is 42.5 Å². The minimum atomic E-state index is -4.45. The van der Waals surface area contributed by atoms with Gasteiger partial charge in [-0.15, -0.1) is 0 Å². The van der Waals surface area contributed by atoms with Gasteiger partial charge in [0.15, 0.2) is 0 Å². The highest BCUT2D eigenvalue weighted by atomic mass is 19.4. The number of halogens is 6. The van der Waals surface area contributed by atoms with Gasteiger partial charge in [0.1, 0.15) is 11.3 Å². The van der Waals surface area contributed by atoms with E-state index in [4.69, 9.17) is 4.42 Å². The first kappa shape index (κ1) is 20.1. The van der Waals surface area contributed by atoms with Crippen molar-refractivity contribution in [3.63, 3.8) is 0 Å². The molecule has 0 saturated heterocycles. The lowest BCUT2D eigenvalue weighted by Gasteiger charge is -2.09. The maximum atomic E-state index is 12.9. The van der Waals surface area contributed by atoms with Crippen molar-refractivity contribution in [2.24, 2.45) is 0 Å². The second-order valence-corrected chi connectivity index (χ2v) is 6.85. The molecule has 30 heavy (non-hydrogen) atoms. The second kappa shape index (κ2) is 7.23. The number of rotatable bonds is 3. The summed E-state index contributed by atoms with van der Waals surface area (Å²) in [6.07, 6.45) is -8.60. The van der Waals surface area contributed by atoms with Gasteiger partial charge in [0, 0.05) is 22.9 Å². The molecule has 4 aromatic rings. The van der Waals surface area contributed by atoms with Crippen LogP contribution < -0.4 is 0 Å². The van der Waals surface area contributed by atoms with Gasteiger partial charge >= 0.3 is 12.4 Å². The van der Waals surface area contributed by atoms with Crippen molar-refractivity contribution in [1.29, 1.82) is 0 Å². The summed E-state index contributed by atoms with van der Waals surface area (Å²) in [5.41, 5.74) is 0.821. The average molecular weight is 420 g/mol. The highest BCUT2D eigenvalue weighted by Gasteiger charge is 2.31. The van der Waals surface area contributed by atoms with Crippen LogP contribution in [0.15, 0.2) is 77.2 Å². The van der Waals surface area contributed by atoms with Gasteiger partial charge in [-0.25, -0.2) is 0 Å². The van der Waals surface area contributed by atoms with Crippen molar-refractivity contribution in [2.75, 3.05) is 0 Å². The van der Waals surface area contributed by atoms with E-state index in [1.807, 2.05) is 6.07 Å². The minimum Gasteiger partial charge on any atom is -0.456 e. The normalized spacial score (nSPS) is 12.5. The molecule has 3 aromatic carbocycles. The van der Waals surface area contributed by atoms with Crippen LogP contribution >= 0.6 is 0 Å². The number of furan rings is 1. The van der Waals surface area contributed by atoms with Gasteiger partial charge in [0.25, 0.3) is 0 Å². The zero-order valence-corrected chi connectivity index (χ0v) is 15.3. The highest BCUT2D eigenvalue weighted by Crippen LogP contribution is 2.37. The number of benzene rings is 3. The first-order valence-corrected chi connectivity index (χ1v) is 8.97. The lowest BCUT2D eigenvalue weighted by molar-refractivity contribution is -0.138. The summed E-state index contributed by atoms with van der Waals surface area (Å²) in [5, 5.41) is 0.757. The maximum Gasteiger partial charge on any atom is 0.416 e. The first-order valence-electron chi connectivity index (χ1n) is 8.97. The van der Waals surface area contributed by atoms with Crippen molar-refractivity contribution in [1.82, 2.24) is 0 Å². The van der Waals surface area contributed by atoms with Crippen molar-refractivity contribution >= 4 is 11.0 Å². The number of hydrogen-bond donors (Lipinski definition) is 0. The van der Waals surface area contributed by atoms with Crippen LogP contribution in [0.2, 0.25) is 0 Å². The summed E-state index contributed by atoms with van der Waals surface area (Å²) in [5.74, 6) is 0.393. The topological polar surface area (TPSA) is 13.1 Å². The first-order chi connectivity index (χ1) is 14.1. The Kier molecular flexibility index (Phi) is 4.84. The molecule has 0 fully saturated rings. The molecule has 7 heteroatoms. The molecule has 0 N–H and O–H groups in total. The Morgan fingerprint density at radius 2 is 1.17 bits per heavy atom. The quantitative estimate of drug-likeness (QED) is 0.309. The molecule has 0 aliphatic carbocycles. The molecular formula is C23H14F6O. The third-order valence-corrected chi connectivity index (χ3v) is 4.83. The summed E-state index contributed by atoms with van der Waals surface area (Å²) in [4.78, 5) is 0. The predicted octanol–water partition coefficient (Wildman–Crippen LogP) is 7.73. The fraction of sp³-hybridized carbons (Fsp3) is 0.130. The Hall–Kier alpha value is -3.22. The van der Waals surface area contributed by atoms with E-state index in [2.05, 4.69) is 0 Å². The van der Waals surface area contributed by atoms with Crippen LogP contribution in [0, 0.1) is 0 Å². The smallest absolute Gasteiger partial charge is 0.416 e. The van der Waals surface area contributed by atoms with Crippen molar-refractivity contribution in [2.45, 2.75) is 18.8 Å². The summed E-state index contributed by atoms with van der Waals surface area (Å²) in [6.45, 7) is 0. The van der Waals surface area contributed by atoms with Crippen LogP contribution in [-0.4, -0.2) is 0 Å². The Labute approximate surface area is 167 Å². The zero-order chi connectivity index (χ0) is 21.5. The molecule has 1 aromatic heterocycles. The number of hydrogen-bond acceptors (Lipinski definition) is 1. The molecule has 154 valence electrons. The van der Waals surface area contributed by atoms with E-state index in [0.29, 0.717) is 28.0 Å². The van der Waals surface area contributed by atoms with Gasteiger partial charge < -0.3 is 4.42 Å². The number of alkyl halides is 6. The Morgan fingerprint density at radius 3 is 1.73 bits per heavy atom. The zero-order valence-electron chi connectivity index (χ0n) is 15.3. The van der Waals surface area contributed by atoms with Gasteiger partial charge in [0.2, 0.25) is 0 Å². The lowest BCUT2D eigenvalue weighted by Crippen LogP contribution is -2.04. The molecule has 4 rings (SSSR count). The predicted molar refractivity (Wildman–Crippen MR) is 101 cm³/mol. The third-order valence-electron chi connectivity index (χ3n) is 4.83. The van der Waals surface area contributed by atoms with E-state index in [1.165, 1.54) is 24.3 Å². The lowest BCUT2D eigenvalue weighted by atomic mass is 9.97. The van der Waals surface area contributed by atoms with Crippen LogP contribution in [0.3, 0.4) is 0 Å². The van der Waals surface area contributed by atoms with Crippen LogP contribution in [0.1, 0.15) is 22.3 Å². The van der Waals surface area contributed by atoms with Gasteiger partial charge in [-0.3, -0.25) is 0 Å². The molecule has 0 saturated carbocycles. The van der Waals surface area contributed by atoms with Crippen LogP contribution in [-0.2, 0) is 18.8 Å². The second-order valence-electron chi connectivity index (χ2n) is 6.85. The molecular weight excluding hydrogens is 406 g/mol. The molecule has 1 heterocycles. The van der Waals surface area contributed by atoms with Crippen molar-refractivity contribution in [3.8, 4) is 11.3 Å².